The zero-order valence-electron chi connectivity index (χ0n) is 15.0. The zero-order chi connectivity index (χ0) is 18.7. The summed E-state index contributed by atoms with van der Waals surface area (Å²) in [5.74, 6) is 0.577. The number of carbonyl (C=O) groups excluding carboxylic acids is 1. The van der Waals surface area contributed by atoms with E-state index < -0.39 is 4.92 Å². The van der Waals surface area contributed by atoms with Crippen molar-refractivity contribution in [3.63, 3.8) is 0 Å². The number of rotatable bonds is 6. The van der Waals surface area contributed by atoms with Gasteiger partial charge in [-0.25, -0.2) is 4.68 Å². The molecule has 1 aliphatic heterocycles. The summed E-state index contributed by atoms with van der Waals surface area (Å²) in [6.45, 7) is 6.42. The maximum Gasteiger partial charge on any atom is 0.293 e. The molecule has 8 heteroatoms. The number of nitrogens with one attached hydrogen (secondary N) is 1. The van der Waals surface area contributed by atoms with E-state index >= 15 is 0 Å². The second kappa shape index (κ2) is 7.55. The van der Waals surface area contributed by atoms with Crippen molar-refractivity contribution in [2.45, 2.75) is 33.2 Å². The Kier molecular flexibility index (Phi) is 5.20. The van der Waals surface area contributed by atoms with E-state index in [0.717, 1.165) is 25.9 Å². The number of nitro benzene ring substituents is 1. The molecule has 0 spiro atoms. The summed E-state index contributed by atoms with van der Waals surface area (Å²) < 4.78 is 1.72. The van der Waals surface area contributed by atoms with Crippen LogP contribution in [-0.4, -0.2) is 33.7 Å². The normalized spacial score (nSPS) is 14.0. The Morgan fingerprint density at radius 1 is 1.31 bits per heavy atom. The fourth-order valence-electron chi connectivity index (χ4n) is 3.16. The lowest BCUT2D eigenvalue weighted by atomic mass is 10.1. The summed E-state index contributed by atoms with van der Waals surface area (Å²) in [7, 11) is 0. The highest BCUT2D eigenvalue weighted by molar-refractivity contribution is 6.04. The second-order valence-electron chi connectivity index (χ2n) is 6.90. The molecule has 3 rings (SSSR count). The number of hydrogen-bond donors (Lipinski definition) is 1. The van der Waals surface area contributed by atoms with E-state index in [1.807, 2.05) is 4.90 Å². The van der Waals surface area contributed by atoms with Gasteiger partial charge in [-0.05, 0) is 30.9 Å². The average molecular weight is 357 g/mol. The van der Waals surface area contributed by atoms with Gasteiger partial charge in [-0.1, -0.05) is 13.8 Å². The first-order valence-electron chi connectivity index (χ1n) is 8.82. The summed E-state index contributed by atoms with van der Waals surface area (Å²) >= 11 is 0. The topological polar surface area (TPSA) is 93.3 Å². The molecule has 0 unspecified atom stereocenters. The van der Waals surface area contributed by atoms with Crippen LogP contribution in [0.3, 0.4) is 0 Å². The Balaban J connectivity index is 1.82. The molecule has 1 aromatic carbocycles. The highest BCUT2D eigenvalue weighted by atomic mass is 16.6. The Bertz CT molecular complexity index is 809. The maximum absolute atomic E-state index is 12.6. The van der Waals surface area contributed by atoms with Crippen molar-refractivity contribution in [3.05, 3.63) is 46.1 Å². The number of aromatic nitrogens is 2. The van der Waals surface area contributed by atoms with Crippen LogP contribution in [0.2, 0.25) is 0 Å². The molecule has 2 heterocycles. The van der Waals surface area contributed by atoms with E-state index in [1.54, 1.807) is 29.1 Å². The fourth-order valence-corrected chi connectivity index (χ4v) is 3.16. The van der Waals surface area contributed by atoms with Gasteiger partial charge < -0.3 is 10.2 Å². The average Bonchev–Trinajstić information content (AvgIpc) is 3.26. The molecule has 0 atom stereocenters. The van der Waals surface area contributed by atoms with Gasteiger partial charge in [-0.3, -0.25) is 14.9 Å². The van der Waals surface area contributed by atoms with Crippen molar-refractivity contribution in [2.24, 2.45) is 5.92 Å². The molecule has 2 aromatic rings. The van der Waals surface area contributed by atoms with Crippen molar-refractivity contribution in [2.75, 3.05) is 23.3 Å². The van der Waals surface area contributed by atoms with Gasteiger partial charge in [-0.15, -0.1) is 0 Å². The van der Waals surface area contributed by atoms with Crippen LogP contribution in [0.15, 0.2) is 30.5 Å². The van der Waals surface area contributed by atoms with E-state index in [1.165, 1.54) is 6.07 Å². The third kappa shape index (κ3) is 3.84. The van der Waals surface area contributed by atoms with Gasteiger partial charge in [0.2, 0.25) is 0 Å². The van der Waals surface area contributed by atoms with Gasteiger partial charge in [-0.2, -0.15) is 5.10 Å². The van der Waals surface area contributed by atoms with Gasteiger partial charge in [0.25, 0.3) is 11.6 Å². The summed E-state index contributed by atoms with van der Waals surface area (Å²) in [6, 6.07) is 6.38. The summed E-state index contributed by atoms with van der Waals surface area (Å²) in [5.41, 5.74) is 0.807. The number of hydrogen-bond acceptors (Lipinski definition) is 5. The minimum absolute atomic E-state index is 0.0322. The molecule has 1 aromatic heterocycles. The molecule has 0 radical (unpaired) electrons. The number of nitrogens with zero attached hydrogens (tertiary/aromatic N) is 4. The minimum Gasteiger partial charge on any atom is -0.366 e. The predicted octanol–water partition coefficient (Wildman–Crippen LogP) is 3.30. The van der Waals surface area contributed by atoms with Crippen LogP contribution >= 0.6 is 0 Å². The van der Waals surface area contributed by atoms with Gasteiger partial charge in [0.05, 0.1) is 11.1 Å². The highest BCUT2D eigenvalue weighted by Gasteiger charge is 2.24. The first-order valence-corrected chi connectivity index (χ1v) is 8.82. The van der Waals surface area contributed by atoms with Gasteiger partial charge >= 0.3 is 0 Å². The van der Waals surface area contributed by atoms with Crippen molar-refractivity contribution >= 4 is 23.1 Å². The molecule has 138 valence electrons. The molecular formula is C18H23N5O3. The molecule has 1 saturated heterocycles. The van der Waals surface area contributed by atoms with E-state index in [9.17, 15) is 14.9 Å². The van der Waals surface area contributed by atoms with Crippen molar-refractivity contribution in [1.29, 1.82) is 0 Å². The number of anilines is 2. The number of benzene rings is 1. The van der Waals surface area contributed by atoms with Crippen LogP contribution in [-0.2, 0) is 6.54 Å². The smallest absolute Gasteiger partial charge is 0.293 e. The zero-order valence-corrected chi connectivity index (χ0v) is 15.0. The molecule has 0 aliphatic carbocycles. The van der Waals surface area contributed by atoms with E-state index in [4.69, 9.17) is 0 Å². The maximum atomic E-state index is 12.6. The van der Waals surface area contributed by atoms with Gasteiger partial charge in [0.1, 0.15) is 11.5 Å². The van der Waals surface area contributed by atoms with Crippen LogP contribution in [0.5, 0.6) is 0 Å². The lowest BCUT2D eigenvalue weighted by Crippen LogP contribution is -2.20. The number of nitro groups is 1. The Morgan fingerprint density at radius 2 is 2.04 bits per heavy atom. The lowest BCUT2D eigenvalue weighted by Gasteiger charge is -2.18. The molecule has 1 aliphatic rings. The monoisotopic (exact) mass is 357 g/mol. The van der Waals surface area contributed by atoms with Crippen LogP contribution in [0, 0.1) is 16.0 Å². The van der Waals surface area contributed by atoms with Gasteiger partial charge in [0.15, 0.2) is 0 Å². The van der Waals surface area contributed by atoms with Crippen LogP contribution < -0.4 is 10.2 Å². The minimum atomic E-state index is -0.423. The second-order valence-corrected chi connectivity index (χ2v) is 6.90. The summed E-state index contributed by atoms with van der Waals surface area (Å²) in [5, 5.41) is 18.5. The first-order chi connectivity index (χ1) is 12.5. The number of carbonyl (C=O) groups is 1. The van der Waals surface area contributed by atoms with E-state index in [-0.39, 0.29) is 17.2 Å². The van der Waals surface area contributed by atoms with Crippen molar-refractivity contribution < 1.29 is 9.72 Å². The Morgan fingerprint density at radius 3 is 2.69 bits per heavy atom. The summed E-state index contributed by atoms with van der Waals surface area (Å²) in [4.78, 5) is 25.6. The largest absolute Gasteiger partial charge is 0.366 e. The standard InChI is InChI=1S/C18H23N5O3/c1-13(2)12-22-17(7-8-19-22)20-18(24)14-5-6-15(16(11-14)23(25)26)21-9-3-4-10-21/h5-8,11,13H,3-4,9-10,12H2,1-2H3,(H,20,24). The van der Waals surface area contributed by atoms with Crippen molar-refractivity contribution in [3.8, 4) is 0 Å². The third-order valence-electron chi connectivity index (χ3n) is 4.38. The molecule has 26 heavy (non-hydrogen) atoms. The van der Waals surface area contributed by atoms with Crippen LogP contribution in [0.25, 0.3) is 0 Å². The molecule has 0 saturated carbocycles. The van der Waals surface area contributed by atoms with E-state index in [0.29, 0.717) is 24.0 Å². The Labute approximate surface area is 151 Å². The Hall–Kier alpha value is -2.90. The summed E-state index contributed by atoms with van der Waals surface area (Å²) in [6.07, 6.45) is 3.68. The highest BCUT2D eigenvalue weighted by Crippen LogP contribution is 2.31. The number of amides is 1. The van der Waals surface area contributed by atoms with Crippen LogP contribution in [0.1, 0.15) is 37.0 Å². The quantitative estimate of drug-likeness (QED) is 0.632. The first kappa shape index (κ1) is 17.9. The molecule has 1 N–H and O–H groups in total. The molecule has 1 fully saturated rings. The molecule has 8 nitrogen and oxygen atoms in total. The van der Waals surface area contributed by atoms with Gasteiger partial charge in [0, 0.05) is 37.3 Å². The third-order valence-corrected chi connectivity index (χ3v) is 4.38. The van der Waals surface area contributed by atoms with Crippen LogP contribution in [0.4, 0.5) is 17.2 Å². The fraction of sp³-hybridized carbons (Fsp3) is 0.444. The molecule has 1 amide bonds. The van der Waals surface area contributed by atoms with E-state index in [2.05, 4.69) is 24.3 Å². The predicted molar refractivity (Wildman–Crippen MR) is 99.6 cm³/mol. The lowest BCUT2D eigenvalue weighted by molar-refractivity contribution is -0.384. The molecule has 0 bridgehead atoms. The SMILES string of the molecule is CC(C)Cn1nccc1NC(=O)c1ccc(N2CCCC2)c([N+](=O)[O-])c1. The van der Waals surface area contributed by atoms with Crippen molar-refractivity contribution in [1.82, 2.24) is 9.78 Å². The molecular weight excluding hydrogens is 334 g/mol.